The van der Waals surface area contributed by atoms with Crippen LogP contribution in [0.15, 0.2) is 18.2 Å². The molecule has 0 amide bonds. The van der Waals surface area contributed by atoms with E-state index in [0.29, 0.717) is 36.1 Å². The van der Waals surface area contributed by atoms with Gasteiger partial charge >= 0.3 is 11.9 Å². The fourth-order valence-corrected chi connectivity index (χ4v) is 3.06. The Labute approximate surface area is 178 Å². The third-order valence-electron chi connectivity index (χ3n) is 4.34. The Morgan fingerprint density at radius 3 is 2.14 bits per heavy atom. The molecule has 1 rings (SSSR count). The van der Waals surface area contributed by atoms with Crippen LogP contribution >= 0.6 is 23.2 Å². The summed E-state index contributed by atoms with van der Waals surface area (Å²) in [7, 11) is 0. The van der Waals surface area contributed by atoms with Gasteiger partial charge in [0.15, 0.2) is 5.75 Å². The second-order valence-electron chi connectivity index (χ2n) is 7.40. The van der Waals surface area contributed by atoms with Crippen LogP contribution in [0.5, 0.6) is 5.75 Å². The van der Waals surface area contributed by atoms with Crippen LogP contribution in [0, 0.1) is 5.92 Å². The lowest BCUT2D eigenvalue weighted by Gasteiger charge is -2.07. The van der Waals surface area contributed by atoms with Crippen LogP contribution in [-0.2, 0) is 14.3 Å². The second-order valence-corrected chi connectivity index (χ2v) is 8.19. The fourth-order valence-electron chi connectivity index (χ4n) is 2.73. The molecule has 0 N–H and O–H groups in total. The minimum atomic E-state index is -0.302. The molecule has 1 aromatic rings. The monoisotopic (exact) mass is 430 g/mol. The molecule has 0 saturated heterocycles. The number of hydrogen-bond acceptors (Lipinski definition) is 4. The molecule has 4 nitrogen and oxygen atoms in total. The first-order valence-corrected chi connectivity index (χ1v) is 11.0. The minimum absolute atomic E-state index is 0.0915. The van der Waals surface area contributed by atoms with Crippen molar-refractivity contribution in [2.75, 3.05) is 6.61 Å². The van der Waals surface area contributed by atoms with Crippen LogP contribution in [0.3, 0.4) is 0 Å². The predicted molar refractivity (Wildman–Crippen MR) is 114 cm³/mol. The third-order valence-corrected chi connectivity index (χ3v) is 5.14. The van der Waals surface area contributed by atoms with Gasteiger partial charge in [-0.15, -0.1) is 0 Å². The highest BCUT2D eigenvalue weighted by Crippen LogP contribution is 2.31. The standard InChI is InChI=1S/C22H32Cl2O4/c1-17(2)11-10-16-27-20(25)14-7-5-3-4-6-8-15-21(26)28-19-13-9-12-18(23)22(19)24/h9,12-13,17H,3-8,10-11,14-16H2,1-2H3. The highest BCUT2D eigenvalue weighted by molar-refractivity contribution is 6.43. The summed E-state index contributed by atoms with van der Waals surface area (Å²) >= 11 is 11.9. The van der Waals surface area contributed by atoms with Crippen molar-refractivity contribution in [3.05, 3.63) is 28.2 Å². The summed E-state index contributed by atoms with van der Waals surface area (Å²) in [6.07, 6.45) is 8.56. The number of carbonyl (C=O) groups is 2. The van der Waals surface area contributed by atoms with E-state index in [-0.39, 0.29) is 17.0 Å². The molecule has 0 atom stereocenters. The maximum atomic E-state index is 11.9. The molecular weight excluding hydrogens is 399 g/mol. The second kappa shape index (κ2) is 14.7. The molecule has 28 heavy (non-hydrogen) atoms. The molecular formula is C22H32Cl2O4. The molecule has 0 aromatic heterocycles. The van der Waals surface area contributed by atoms with Crippen LogP contribution in [0.4, 0.5) is 0 Å². The molecule has 0 unspecified atom stereocenters. The Bertz CT molecular complexity index is 602. The van der Waals surface area contributed by atoms with Gasteiger partial charge in [-0.25, -0.2) is 0 Å². The van der Waals surface area contributed by atoms with Gasteiger partial charge in [-0.3, -0.25) is 9.59 Å². The van der Waals surface area contributed by atoms with Crippen LogP contribution < -0.4 is 4.74 Å². The molecule has 0 bridgehead atoms. The summed E-state index contributed by atoms with van der Waals surface area (Å²) in [5.74, 6) is 0.556. The number of unbranched alkanes of at least 4 members (excludes halogenated alkanes) is 5. The summed E-state index contributed by atoms with van der Waals surface area (Å²) in [6.45, 7) is 4.87. The van der Waals surface area contributed by atoms with Gasteiger partial charge < -0.3 is 9.47 Å². The number of esters is 2. The maximum absolute atomic E-state index is 11.9. The summed E-state index contributed by atoms with van der Waals surface area (Å²) in [4.78, 5) is 23.5. The number of carbonyl (C=O) groups excluding carboxylic acids is 2. The van der Waals surface area contributed by atoms with Gasteiger partial charge in [0.1, 0.15) is 5.02 Å². The van der Waals surface area contributed by atoms with Gasteiger partial charge in [-0.1, -0.05) is 68.8 Å². The normalized spacial score (nSPS) is 10.9. The highest BCUT2D eigenvalue weighted by Gasteiger charge is 2.10. The average Bonchev–Trinajstić information content (AvgIpc) is 2.64. The van der Waals surface area contributed by atoms with E-state index in [2.05, 4.69) is 13.8 Å². The van der Waals surface area contributed by atoms with Gasteiger partial charge in [0.25, 0.3) is 0 Å². The molecule has 0 saturated carbocycles. The first-order chi connectivity index (χ1) is 13.4. The smallest absolute Gasteiger partial charge is 0.311 e. The number of halogens is 2. The van der Waals surface area contributed by atoms with Crippen molar-refractivity contribution in [1.29, 1.82) is 0 Å². The van der Waals surface area contributed by atoms with Gasteiger partial charge in [0.2, 0.25) is 0 Å². The molecule has 0 aliphatic heterocycles. The molecule has 0 aliphatic rings. The van der Waals surface area contributed by atoms with Crippen molar-refractivity contribution >= 4 is 35.1 Å². The Morgan fingerprint density at radius 1 is 0.893 bits per heavy atom. The zero-order valence-electron chi connectivity index (χ0n) is 17.0. The molecule has 0 spiro atoms. The molecule has 0 radical (unpaired) electrons. The SMILES string of the molecule is CC(C)CCCOC(=O)CCCCCCCCC(=O)Oc1cccc(Cl)c1Cl. The summed E-state index contributed by atoms with van der Waals surface area (Å²) in [5.41, 5.74) is 0. The van der Waals surface area contributed by atoms with E-state index in [9.17, 15) is 9.59 Å². The lowest BCUT2D eigenvalue weighted by atomic mass is 10.1. The Morgan fingerprint density at radius 2 is 1.50 bits per heavy atom. The third kappa shape index (κ3) is 11.6. The predicted octanol–water partition coefficient (Wildman–Crippen LogP) is 7.00. The Hall–Kier alpha value is -1.26. The van der Waals surface area contributed by atoms with Crippen LogP contribution in [-0.4, -0.2) is 18.5 Å². The summed E-state index contributed by atoms with van der Waals surface area (Å²) < 4.78 is 10.5. The van der Waals surface area contributed by atoms with Crippen molar-refractivity contribution in [3.63, 3.8) is 0 Å². The highest BCUT2D eigenvalue weighted by atomic mass is 35.5. The topological polar surface area (TPSA) is 52.6 Å². The quantitative estimate of drug-likeness (QED) is 0.181. The zero-order chi connectivity index (χ0) is 20.8. The van der Waals surface area contributed by atoms with Crippen molar-refractivity contribution in [2.45, 2.75) is 78.1 Å². The number of hydrogen-bond donors (Lipinski definition) is 0. The van der Waals surface area contributed by atoms with E-state index in [4.69, 9.17) is 32.7 Å². The number of benzene rings is 1. The van der Waals surface area contributed by atoms with E-state index in [1.807, 2.05) is 0 Å². The minimum Gasteiger partial charge on any atom is -0.466 e. The fraction of sp³-hybridized carbons (Fsp3) is 0.636. The van der Waals surface area contributed by atoms with Crippen molar-refractivity contribution in [3.8, 4) is 5.75 Å². The van der Waals surface area contributed by atoms with Crippen LogP contribution in [0.2, 0.25) is 10.0 Å². The Kier molecular flexibility index (Phi) is 13.0. The zero-order valence-corrected chi connectivity index (χ0v) is 18.5. The first-order valence-electron chi connectivity index (χ1n) is 10.2. The molecule has 1 aromatic carbocycles. The summed E-state index contributed by atoms with van der Waals surface area (Å²) in [5, 5.41) is 0.627. The molecule has 0 heterocycles. The van der Waals surface area contributed by atoms with Crippen molar-refractivity contribution < 1.29 is 19.1 Å². The summed E-state index contributed by atoms with van der Waals surface area (Å²) in [6, 6.07) is 4.97. The number of ether oxygens (including phenoxy) is 2. The lowest BCUT2D eigenvalue weighted by molar-refractivity contribution is -0.144. The van der Waals surface area contributed by atoms with E-state index in [1.165, 1.54) is 0 Å². The Balaban J connectivity index is 1.98. The van der Waals surface area contributed by atoms with E-state index in [1.54, 1.807) is 18.2 Å². The average molecular weight is 431 g/mol. The largest absolute Gasteiger partial charge is 0.466 e. The van der Waals surface area contributed by atoms with Gasteiger partial charge in [-0.05, 0) is 43.7 Å². The van der Waals surface area contributed by atoms with E-state index >= 15 is 0 Å². The van der Waals surface area contributed by atoms with Crippen LogP contribution in [0.25, 0.3) is 0 Å². The number of rotatable bonds is 14. The van der Waals surface area contributed by atoms with E-state index in [0.717, 1.165) is 51.4 Å². The van der Waals surface area contributed by atoms with E-state index < -0.39 is 0 Å². The first kappa shape index (κ1) is 24.8. The molecule has 6 heteroatoms. The molecule has 0 fully saturated rings. The van der Waals surface area contributed by atoms with Crippen molar-refractivity contribution in [2.24, 2.45) is 5.92 Å². The van der Waals surface area contributed by atoms with Crippen LogP contribution in [0.1, 0.15) is 78.1 Å². The van der Waals surface area contributed by atoms with Gasteiger partial charge in [0.05, 0.1) is 11.6 Å². The van der Waals surface area contributed by atoms with Gasteiger partial charge in [-0.2, -0.15) is 0 Å². The van der Waals surface area contributed by atoms with Gasteiger partial charge in [0, 0.05) is 12.8 Å². The lowest BCUT2D eigenvalue weighted by Crippen LogP contribution is -2.08. The molecule has 158 valence electrons. The molecule has 0 aliphatic carbocycles. The maximum Gasteiger partial charge on any atom is 0.311 e. The van der Waals surface area contributed by atoms with Crippen molar-refractivity contribution in [1.82, 2.24) is 0 Å².